The fourth-order valence-corrected chi connectivity index (χ4v) is 5.13. The highest BCUT2D eigenvalue weighted by Gasteiger charge is 2.18. The number of hydrogen-bond donors (Lipinski definition) is 0. The number of halogens is 1. The van der Waals surface area contributed by atoms with Crippen LogP contribution in [0.3, 0.4) is 0 Å². The van der Waals surface area contributed by atoms with Crippen molar-refractivity contribution in [1.29, 1.82) is 0 Å². The highest BCUT2D eigenvalue weighted by Crippen LogP contribution is 2.40. The molecule has 0 saturated heterocycles. The van der Waals surface area contributed by atoms with Crippen molar-refractivity contribution in [2.45, 2.75) is 6.42 Å². The summed E-state index contributed by atoms with van der Waals surface area (Å²) in [4.78, 5) is 13.1. The average Bonchev–Trinajstić information content (AvgIpc) is 3.24. The van der Waals surface area contributed by atoms with Crippen molar-refractivity contribution in [3.63, 3.8) is 0 Å². The quantitative estimate of drug-likeness (QED) is 0.231. The Morgan fingerprint density at radius 1 is 0.657 bits per heavy atom. The van der Waals surface area contributed by atoms with E-state index in [1.165, 1.54) is 0 Å². The van der Waals surface area contributed by atoms with Gasteiger partial charge in [-0.15, -0.1) is 0 Å². The minimum Gasteiger partial charge on any atom is -0.309 e. The highest BCUT2D eigenvalue weighted by molar-refractivity contribution is 6.32. The molecule has 5 aromatic carbocycles. The van der Waals surface area contributed by atoms with Crippen LogP contribution in [0, 0.1) is 0 Å². The first kappa shape index (κ1) is 21.4. The Balaban J connectivity index is 1.59. The molecule has 1 aromatic heterocycles. The number of rotatable bonds is 5. The largest absolute Gasteiger partial charge is 0.309 e. The Morgan fingerprint density at radius 2 is 1.34 bits per heavy atom. The summed E-state index contributed by atoms with van der Waals surface area (Å²) < 4.78 is 2.28. The van der Waals surface area contributed by atoms with E-state index in [2.05, 4.69) is 65.2 Å². The van der Waals surface area contributed by atoms with Crippen LogP contribution in [-0.2, 0) is 6.42 Å². The molecule has 0 fully saturated rings. The molecule has 0 saturated carbocycles. The first-order valence-electron chi connectivity index (χ1n) is 11.7. The van der Waals surface area contributed by atoms with E-state index in [0.717, 1.165) is 49.7 Å². The van der Waals surface area contributed by atoms with Crippen LogP contribution in [0.1, 0.15) is 15.9 Å². The summed E-state index contributed by atoms with van der Waals surface area (Å²) in [6, 6.07) is 40.5. The zero-order valence-corrected chi connectivity index (χ0v) is 19.7. The fraction of sp³-hybridized carbons (Fsp3) is 0.0312. The molecule has 0 unspecified atom stereocenters. The third kappa shape index (κ3) is 3.82. The molecule has 0 aliphatic carbocycles. The van der Waals surface area contributed by atoms with Gasteiger partial charge in [0.25, 0.3) is 0 Å². The first-order chi connectivity index (χ1) is 17.2. The predicted molar refractivity (Wildman–Crippen MR) is 146 cm³/mol. The maximum atomic E-state index is 13.1. The SMILES string of the molecule is O=C(Cc1ccccc1-c1cccc2c1c1cc(Cl)ccc1n2-c1ccccc1)c1ccccc1. The van der Waals surface area contributed by atoms with Gasteiger partial charge in [0.15, 0.2) is 5.78 Å². The lowest BCUT2D eigenvalue weighted by Crippen LogP contribution is -2.04. The first-order valence-corrected chi connectivity index (χ1v) is 12.0. The van der Waals surface area contributed by atoms with Crippen molar-refractivity contribution in [2.75, 3.05) is 0 Å². The monoisotopic (exact) mass is 471 g/mol. The van der Waals surface area contributed by atoms with Crippen LogP contribution >= 0.6 is 11.6 Å². The van der Waals surface area contributed by atoms with Gasteiger partial charge in [-0.2, -0.15) is 0 Å². The van der Waals surface area contributed by atoms with Crippen LogP contribution in [0.2, 0.25) is 5.02 Å². The van der Waals surface area contributed by atoms with Gasteiger partial charge in [-0.05, 0) is 53.1 Å². The summed E-state index contributed by atoms with van der Waals surface area (Å²) >= 11 is 6.49. The number of Topliss-reactive ketones (excluding diaryl/α,β-unsaturated/α-hetero) is 1. The van der Waals surface area contributed by atoms with E-state index < -0.39 is 0 Å². The topological polar surface area (TPSA) is 22.0 Å². The van der Waals surface area contributed by atoms with Crippen LogP contribution < -0.4 is 0 Å². The van der Waals surface area contributed by atoms with Gasteiger partial charge in [-0.25, -0.2) is 0 Å². The number of benzene rings is 5. The smallest absolute Gasteiger partial charge is 0.167 e. The number of carbonyl (C=O) groups is 1. The summed E-state index contributed by atoms with van der Waals surface area (Å²) in [5.74, 6) is 0.111. The Morgan fingerprint density at radius 3 is 2.14 bits per heavy atom. The third-order valence-electron chi connectivity index (χ3n) is 6.52. The van der Waals surface area contributed by atoms with E-state index in [1.54, 1.807) is 0 Å². The second-order valence-electron chi connectivity index (χ2n) is 8.66. The molecule has 6 aromatic rings. The molecule has 0 spiro atoms. The normalized spacial score (nSPS) is 11.2. The van der Waals surface area contributed by atoms with E-state index >= 15 is 0 Å². The van der Waals surface area contributed by atoms with Gasteiger partial charge in [0.05, 0.1) is 11.0 Å². The molecule has 1 heterocycles. The average molecular weight is 472 g/mol. The number of ketones is 1. The predicted octanol–water partition coefficient (Wildman–Crippen LogP) is 8.53. The molecule has 168 valence electrons. The van der Waals surface area contributed by atoms with Crippen molar-refractivity contribution >= 4 is 39.2 Å². The van der Waals surface area contributed by atoms with Crippen LogP contribution in [0.4, 0.5) is 0 Å². The molecule has 6 rings (SSSR count). The van der Waals surface area contributed by atoms with Gasteiger partial charge < -0.3 is 4.57 Å². The van der Waals surface area contributed by atoms with Gasteiger partial charge in [0, 0.05) is 33.5 Å². The minimum absolute atomic E-state index is 0.111. The molecule has 0 atom stereocenters. The summed E-state index contributed by atoms with van der Waals surface area (Å²) in [6.45, 7) is 0. The number of carbonyl (C=O) groups excluding carboxylic acids is 1. The van der Waals surface area contributed by atoms with Crippen molar-refractivity contribution in [3.05, 3.63) is 137 Å². The molecule has 35 heavy (non-hydrogen) atoms. The summed E-state index contributed by atoms with van der Waals surface area (Å²) in [7, 11) is 0. The van der Waals surface area contributed by atoms with Gasteiger partial charge in [0.1, 0.15) is 0 Å². The lowest BCUT2D eigenvalue weighted by Gasteiger charge is -2.12. The minimum atomic E-state index is 0.111. The molecule has 2 nitrogen and oxygen atoms in total. The fourth-order valence-electron chi connectivity index (χ4n) is 4.96. The Labute approximate surface area is 209 Å². The van der Waals surface area contributed by atoms with Gasteiger partial charge in [-0.3, -0.25) is 4.79 Å². The zero-order chi connectivity index (χ0) is 23.8. The van der Waals surface area contributed by atoms with E-state index in [0.29, 0.717) is 11.4 Å². The molecule has 3 heteroatoms. The molecule has 0 radical (unpaired) electrons. The number of nitrogens with zero attached hydrogens (tertiary/aromatic N) is 1. The molecule has 0 aliphatic rings. The number of hydrogen-bond acceptors (Lipinski definition) is 1. The third-order valence-corrected chi connectivity index (χ3v) is 6.76. The van der Waals surface area contributed by atoms with E-state index in [-0.39, 0.29) is 5.78 Å². The van der Waals surface area contributed by atoms with Crippen molar-refractivity contribution < 1.29 is 4.79 Å². The summed E-state index contributed by atoms with van der Waals surface area (Å²) in [5.41, 5.74) is 7.20. The highest BCUT2D eigenvalue weighted by atomic mass is 35.5. The summed E-state index contributed by atoms with van der Waals surface area (Å²) in [5, 5.41) is 2.93. The number of fused-ring (bicyclic) bond motifs is 3. The van der Waals surface area contributed by atoms with E-state index in [1.807, 2.05) is 60.7 Å². The molecular formula is C32H22ClNO. The zero-order valence-electron chi connectivity index (χ0n) is 19.0. The van der Waals surface area contributed by atoms with Crippen molar-refractivity contribution in [2.24, 2.45) is 0 Å². The van der Waals surface area contributed by atoms with Gasteiger partial charge in [0.2, 0.25) is 0 Å². The molecule has 0 aliphatic heterocycles. The number of aromatic nitrogens is 1. The lowest BCUT2D eigenvalue weighted by atomic mass is 9.92. The Bertz CT molecular complexity index is 1680. The number of para-hydroxylation sites is 1. The second-order valence-corrected chi connectivity index (χ2v) is 9.09. The molecule has 0 amide bonds. The Kier molecular flexibility index (Phi) is 5.44. The van der Waals surface area contributed by atoms with Gasteiger partial charge in [-0.1, -0.05) is 96.5 Å². The van der Waals surface area contributed by atoms with E-state index in [9.17, 15) is 4.79 Å². The summed E-state index contributed by atoms with van der Waals surface area (Å²) in [6.07, 6.45) is 0.342. The van der Waals surface area contributed by atoms with Crippen LogP contribution in [0.15, 0.2) is 121 Å². The van der Waals surface area contributed by atoms with Crippen LogP contribution in [0.5, 0.6) is 0 Å². The standard InChI is InChI=1S/C32H22ClNO/c33-24-18-19-29-28(21-24)32-27(16-9-17-30(32)34(29)25-13-5-2-6-14-25)26-15-8-7-12-23(26)20-31(35)22-10-3-1-4-11-22/h1-19,21H,20H2. The van der Waals surface area contributed by atoms with E-state index in [4.69, 9.17) is 11.6 Å². The maximum Gasteiger partial charge on any atom is 0.167 e. The van der Waals surface area contributed by atoms with Crippen molar-refractivity contribution in [3.8, 4) is 16.8 Å². The molecule has 0 N–H and O–H groups in total. The lowest BCUT2D eigenvalue weighted by molar-refractivity contribution is 0.0993. The molecular weight excluding hydrogens is 450 g/mol. The second kappa shape index (κ2) is 8.90. The maximum absolute atomic E-state index is 13.1. The van der Waals surface area contributed by atoms with Crippen molar-refractivity contribution in [1.82, 2.24) is 4.57 Å². The molecule has 0 bridgehead atoms. The van der Waals surface area contributed by atoms with Crippen LogP contribution in [0.25, 0.3) is 38.6 Å². The van der Waals surface area contributed by atoms with Crippen LogP contribution in [-0.4, -0.2) is 10.4 Å². The Hall–Kier alpha value is -4.14. The van der Waals surface area contributed by atoms with Gasteiger partial charge >= 0.3 is 0 Å².